The van der Waals surface area contributed by atoms with Gasteiger partial charge in [0.2, 0.25) is 5.91 Å². The monoisotopic (exact) mass is 481 g/mol. The Hall–Kier alpha value is -3.23. The van der Waals surface area contributed by atoms with Crippen molar-refractivity contribution in [2.45, 2.75) is 31.2 Å². The van der Waals surface area contributed by atoms with Crippen LogP contribution < -0.4 is 15.4 Å². The summed E-state index contributed by atoms with van der Waals surface area (Å²) < 4.78 is 19.0. The van der Waals surface area contributed by atoms with Gasteiger partial charge in [0.25, 0.3) is 0 Å². The molecule has 1 amide bonds. The molecule has 2 N–H and O–H groups in total. The van der Waals surface area contributed by atoms with Gasteiger partial charge in [-0.2, -0.15) is 0 Å². The van der Waals surface area contributed by atoms with E-state index in [2.05, 4.69) is 25.5 Å². The number of halogens is 2. The van der Waals surface area contributed by atoms with Crippen LogP contribution in [0.1, 0.15) is 25.7 Å². The van der Waals surface area contributed by atoms with Crippen molar-refractivity contribution in [2.24, 2.45) is 0 Å². The minimum absolute atomic E-state index is 0.00584. The van der Waals surface area contributed by atoms with Crippen LogP contribution in [0.5, 0.6) is 5.75 Å². The molecule has 7 nitrogen and oxygen atoms in total. The molecule has 1 spiro atoms. The van der Waals surface area contributed by atoms with Crippen LogP contribution in [-0.2, 0) is 4.79 Å². The van der Waals surface area contributed by atoms with Crippen molar-refractivity contribution in [3.63, 3.8) is 0 Å². The average Bonchev–Trinajstić information content (AvgIpc) is 3.50. The Bertz CT molecular complexity index is 1280. The van der Waals surface area contributed by atoms with Crippen LogP contribution >= 0.6 is 11.6 Å². The van der Waals surface area contributed by atoms with E-state index in [9.17, 15) is 9.18 Å². The standard InChI is InChI=1S/C25H25ClFN5O2/c1-34-22-14-20-17(24(29-15-28-20)30-16-5-6-19(27)18(26)12-16)13-21(22)31-23(33)4-2-10-32-11-3-7-25(32)8-9-25/h2,4-6,12-15H,3,7-11H2,1H3,(H,31,33)(H,28,29,30). The summed E-state index contributed by atoms with van der Waals surface area (Å²) >= 11 is 5.90. The number of hydrogen-bond donors (Lipinski definition) is 2. The van der Waals surface area contributed by atoms with Crippen molar-refractivity contribution in [1.29, 1.82) is 0 Å². The van der Waals surface area contributed by atoms with Gasteiger partial charge in [-0.1, -0.05) is 17.7 Å². The number of likely N-dealkylation sites (tertiary alicyclic amines) is 1. The Morgan fingerprint density at radius 2 is 2.12 bits per heavy atom. The third-order valence-electron chi connectivity index (χ3n) is 6.56. The van der Waals surface area contributed by atoms with Gasteiger partial charge in [0, 0.05) is 35.3 Å². The number of ether oxygens (including phenoxy) is 1. The van der Waals surface area contributed by atoms with E-state index in [-0.39, 0.29) is 10.9 Å². The number of carbonyl (C=O) groups is 1. The fourth-order valence-corrected chi connectivity index (χ4v) is 4.79. The predicted molar refractivity (Wildman–Crippen MR) is 131 cm³/mol. The normalized spacial score (nSPS) is 16.9. The number of nitrogens with zero attached hydrogens (tertiary/aromatic N) is 3. The maximum Gasteiger partial charge on any atom is 0.248 e. The fraction of sp³-hybridized carbons (Fsp3) is 0.320. The molecular formula is C25H25ClFN5O2. The lowest BCUT2D eigenvalue weighted by Crippen LogP contribution is -2.31. The third-order valence-corrected chi connectivity index (χ3v) is 6.85. The largest absolute Gasteiger partial charge is 0.494 e. The van der Waals surface area contributed by atoms with E-state index in [0.29, 0.717) is 39.4 Å². The summed E-state index contributed by atoms with van der Waals surface area (Å²) in [6.07, 6.45) is 9.94. The number of rotatable bonds is 7. The lowest BCUT2D eigenvalue weighted by atomic mass is 10.1. The van der Waals surface area contributed by atoms with Crippen LogP contribution in [0.25, 0.3) is 10.9 Å². The maximum atomic E-state index is 13.5. The first-order valence-corrected chi connectivity index (χ1v) is 11.6. The topological polar surface area (TPSA) is 79.4 Å². The minimum atomic E-state index is -0.500. The molecule has 0 radical (unpaired) electrons. The molecule has 2 aliphatic rings. The number of benzene rings is 2. The lowest BCUT2D eigenvalue weighted by molar-refractivity contribution is -0.111. The van der Waals surface area contributed by atoms with Crippen molar-refractivity contribution in [3.05, 3.63) is 59.7 Å². The Morgan fingerprint density at radius 1 is 1.26 bits per heavy atom. The van der Waals surface area contributed by atoms with E-state index in [4.69, 9.17) is 16.3 Å². The number of hydrogen-bond acceptors (Lipinski definition) is 6. The number of carbonyl (C=O) groups excluding carboxylic acids is 1. The molecular weight excluding hydrogens is 457 g/mol. The van der Waals surface area contributed by atoms with Crippen molar-refractivity contribution in [1.82, 2.24) is 14.9 Å². The number of methoxy groups -OCH3 is 1. The van der Waals surface area contributed by atoms with Crippen molar-refractivity contribution < 1.29 is 13.9 Å². The molecule has 1 saturated heterocycles. The maximum absolute atomic E-state index is 13.5. The quantitative estimate of drug-likeness (QED) is 0.446. The average molecular weight is 482 g/mol. The number of amides is 1. The second-order valence-electron chi connectivity index (χ2n) is 8.71. The number of fused-ring (bicyclic) bond motifs is 1. The molecule has 1 saturated carbocycles. The van der Waals surface area contributed by atoms with Crippen LogP contribution in [0.2, 0.25) is 5.02 Å². The first kappa shape index (κ1) is 22.6. The third kappa shape index (κ3) is 4.56. The van der Waals surface area contributed by atoms with Gasteiger partial charge in [-0.3, -0.25) is 9.69 Å². The highest BCUT2D eigenvalue weighted by atomic mass is 35.5. The molecule has 3 aromatic rings. The highest BCUT2D eigenvalue weighted by Crippen LogP contribution is 2.49. The highest BCUT2D eigenvalue weighted by molar-refractivity contribution is 6.31. The van der Waals surface area contributed by atoms with Gasteiger partial charge in [0.1, 0.15) is 23.7 Å². The molecule has 2 aromatic carbocycles. The molecule has 34 heavy (non-hydrogen) atoms. The van der Waals surface area contributed by atoms with Crippen molar-refractivity contribution in [3.8, 4) is 5.75 Å². The smallest absolute Gasteiger partial charge is 0.248 e. The van der Waals surface area contributed by atoms with E-state index in [1.807, 2.05) is 6.08 Å². The highest BCUT2D eigenvalue weighted by Gasteiger charge is 2.49. The van der Waals surface area contributed by atoms with Gasteiger partial charge in [0.15, 0.2) is 0 Å². The SMILES string of the molecule is COc1cc2ncnc(Nc3ccc(F)c(Cl)c3)c2cc1NC(=O)C=CCN1CCCC12CC2. The zero-order valence-electron chi connectivity index (χ0n) is 18.8. The first-order valence-electron chi connectivity index (χ1n) is 11.2. The summed E-state index contributed by atoms with van der Waals surface area (Å²) in [7, 11) is 1.54. The summed E-state index contributed by atoms with van der Waals surface area (Å²) in [5, 5.41) is 6.71. The Labute approximate surface area is 202 Å². The number of aromatic nitrogens is 2. The predicted octanol–water partition coefficient (Wildman–Crippen LogP) is 5.30. The summed E-state index contributed by atoms with van der Waals surface area (Å²) in [6, 6.07) is 7.82. The summed E-state index contributed by atoms with van der Waals surface area (Å²) in [6.45, 7) is 1.88. The Kier molecular flexibility index (Phi) is 6.10. The van der Waals surface area contributed by atoms with Gasteiger partial charge in [-0.25, -0.2) is 14.4 Å². The summed E-state index contributed by atoms with van der Waals surface area (Å²) in [5.41, 5.74) is 2.10. The molecule has 2 fully saturated rings. The Morgan fingerprint density at radius 3 is 2.88 bits per heavy atom. The zero-order valence-corrected chi connectivity index (χ0v) is 19.5. The van der Waals surface area contributed by atoms with E-state index >= 15 is 0 Å². The van der Waals surface area contributed by atoms with Gasteiger partial charge in [-0.15, -0.1) is 0 Å². The van der Waals surface area contributed by atoms with Gasteiger partial charge in [-0.05, 0) is 56.5 Å². The molecule has 2 heterocycles. The first-order chi connectivity index (χ1) is 16.5. The van der Waals surface area contributed by atoms with Crippen LogP contribution in [0.15, 0.2) is 48.8 Å². The molecule has 0 atom stereocenters. The second kappa shape index (κ2) is 9.19. The van der Waals surface area contributed by atoms with E-state index < -0.39 is 5.82 Å². The second-order valence-corrected chi connectivity index (χ2v) is 9.12. The molecule has 176 valence electrons. The van der Waals surface area contributed by atoms with Crippen LogP contribution in [0.4, 0.5) is 21.6 Å². The van der Waals surface area contributed by atoms with E-state index in [1.54, 1.807) is 24.3 Å². The van der Waals surface area contributed by atoms with Gasteiger partial charge in [0.05, 0.1) is 23.3 Å². The van der Waals surface area contributed by atoms with Crippen LogP contribution in [0.3, 0.4) is 0 Å². The molecule has 5 rings (SSSR count). The molecule has 1 aromatic heterocycles. The zero-order chi connectivity index (χ0) is 23.7. The number of anilines is 3. The summed E-state index contributed by atoms with van der Waals surface area (Å²) in [5.74, 6) is 0.239. The fourth-order valence-electron chi connectivity index (χ4n) is 4.61. The molecule has 0 bridgehead atoms. The van der Waals surface area contributed by atoms with Gasteiger partial charge >= 0.3 is 0 Å². The number of nitrogens with one attached hydrogen (secondary N) is 2. The van der Waals surface area contributed by atoms with E-state index in [0.717, 1.165) is 13.1 Å². The minimum Gasteiger partial charge on any atom is -0.494 e. The molecule has 0 unspecified atom stereocenters. The van der Waals surface area contributed by atoms with Crippen LogP contribution in [-0.4, -0.2) is 46.5 Å². The lowest BCUT2D eigenvalue weighted by Gasteiger charge is -2.21. The summed E-state index contributed by atoms with van der Waals surface area (Å²) in [4.78, 5) is 23.7. The Balaban J connectivity index is 1.35. The van der Waals surface area contributed by atoms with Crippen LogP contribution in [0, 0.1) is 5.82 Å². The van der Waals surface area contributed by atoms with Crippen molar-refractivity contribution in [2.75, 3.05) is 30.8 Å². The van der Waals surface area contributed by atoms with Gasteiger partial charge < -0.3 is 15.4 Å². The molecule has 9 heteroatoms. The van der Waals surface area contributed by atoms with E-state index in [1.165, 1.54) is 51.3 Å². The molecule has 1 aliphatic carbocycles. The molecule has 1 aliphatic heterocycles. The van der Waals surface area contributed by atoms with Crippen molar-refractivity contribution >= 4 is 45.6 Å².